The van der Waals surface area contributed by atoms with Crippen molar-refractivity contribution in [2.24, 2.45) is 5.73 Å². The van der Waals surface area contributed by atoms with E-state index in [2.05, 4.69) is 10.3 Å². The van der Waals surface area contributed by atoms with E-state index in [1.807, 2.05) is 6.92 Å². The second-order valence-corrected chi connectivity index (χ2v) is 4.61. The number of hydrogen-bond donors (Lipinski definition) is 3. The number of primary amides is 1. The zero-order valence-corrected chi connectivity index (χ0v) is 11.5. The molecule has 1 heterocycles. The van der Waals surface area contributed by atoms with Crippen LogP contribution in [0, 0.1) is 6.92 Å². The summed E-state index contributed by atoms with van der Waals surface area (Å²) in [4.78, 5) is 26.4. The fraction of sp³-hybridized carbons (Fsp3) is 0.133. The van der Waals surface area contributed by atoms with Crippen LogP contribution >= 0.6 is 0 Å². The van der Waals surface area contributed by atoms with Crippen molar-refractivity contribution in [3.63, 3.8) is 0 Å². The van der Waals surface area contributed by atoms with E-state index >= 15 is 0 Å². The van der Waals surface area contributed by atoms with Crippen LogP contribution in [0.25, 0.3) is 0 Å². The van der Waals surface area contributed by atoms with E-state index in [1.165, 1.54) is 18.3 Å². The predicted molar refractivity (Wildman–Crippen MR) is 78.2 cm³/mol. The second-order valence-electron chi connectivity index (χ2n) is 4.61. The predicted octanol–water partition coefficient (Wildman–Crippen LogP) is 1.80. The van der Waals surface area contributed by atoms with Gasteiger partial charge < -0.3 is 16.2 Å². The Kier molecular flexibility index (Phi) is 4.18. The van der Waals surface area contributed by atoms with Gasteiger partial charge in [-0.2, -0.15) is 0 Å². The van der Waals surface area contributed by atoms with Crippen LogP contribution in [0.2, 0.25) is 0 Å². The Morgan fingerprint density at radius 3 is 2.71 bits per heavy atom. The molecule has 6 heteroatoms. The monoisotopic (exact) mass is 285 g/mol. The number of aromatic carboxylic acids is 1. The molecule has 1 amide bonds. The summed E-state index contributed by atoms with van der Waals surface area (Å²) >= 11 is 0. The zero-order chi connectivity index (χ0) is 15.4. The molecule has 4 N–H and O–H groups in total. The van der Waals surface area contributed by atoms with Crippen LogP contribution in [-0.2, 0) is 6.54 Å². The third kappa shape index (κ3) is 3.56. The van der Waals surface area contributed by atoms with Crippen molar-refractivity contribution in [2.45, 2.75) is 13.5 Å². The van der Waals surface area contributed by atoms with E-state index in [0.29, 0.717) is 23.5 Å². The van der Waals surface area contributed by atoms with Crippen LogP contribution in [0.15, 0.2) is 36.5 Å². The van der Waals surface area contributed by atoms with E-state index in [9.17, 15) is 9.59 Å². The highest BCUT2D eigenvalue weighted by Crippen LogP contribution is 2.18. The van der Waals surface area contributed by atoms with E-state index in [4.69, 9.17) is 10.8 Å². The zero-order valence-electron chi connectivity index (χ0n) is 11.5. The van der Waals surface area contributed by atoms with Crippen LogP contribution in [0.3, 0.4) is 0 Å². The first-order valence-corrected chi connectivity index (χ1v) is 6.30. The van der Waals surface area contributed by atoms with E-state index < -0.39 is 11.9 Å². The van der Waals surface area contributed by atoms with Gasteiger partial charge in [-0.15, -0.1) is 0 Å². The molecule has 6 nitrogen and oxygen atoms in total. The number of carbonyl (C=O) groups excluding carboxylic acids is 1. The van der Waals surface area contributed by atoms with Crippen molar-refractivity contribution in [2.75, 3.05) is 5.32 Å². The molecule has 0 saturated carbocycles. The number of aryl methyl sites for hydroxylation is 1. The number of benzene rings is 1. The summed E-state index contributed by atoms with van der Waals surface area (Å²) in [5, 5.41) is 12.0. The topological polar surface area (TPSA) is 105 Å². The number of aromatic nitrogens is 1. The molecule has 0 spiro atoms. The molecule has 0 bridgehead atoms. The maximum Gasteiger partial charge on any atom is 0.335 e. The summed E-state index contributed by atoms with van der Waals surface area (Å²) in [6, 6.07) is 8.17. The standard InChI is InChI=1S/C15H15N3O3/c1-9-2-3-12(14(16)19)13(6-9)18-8-11-7-10(15(20)21)4-5-17-11/h2-7,18H,8H2,1H3,(H2,16,19)(H,20,21). The minimum Gasteiger partial charge on any atom is -0.478 e. The molecule has 1 aromatic carbocycles. The number of nitrogens with one attached hydrogen (secondary N) is 1. The van der Waals surface area contributed by atoms with E-state index in [-0.39, 0.29) is 5.56 Å². The molecule has 2 aromatic rings. The molecule has 2 rings (SSSR count). The number of nitrogens with two attached hydrogens (primary N) is 1. The third-order valence-electron chi connectivity index (χ3n) is 2.96. The van der Waals surface area contributed by atoms with Gasteiger partial charge in [0.1, 0.15) is 0 Å². The van der Waals surface area contributed by atoms with Crippen molar-refractivity contribution in [3.05, 3.63) is 58.9 Å². The lowest BCUT2D eigenvalue weighted by Gasteiger charge is -2.11. The van der Waals surface area contributed by atoms with Crippen LogP contribution in [0.4, 0.5) is 5.69 Å². The van der Waals surface area contributed by atoms with Crippen molar-refractivity contribution in [3.8, 4) is 0 Å². The first-order valence-electron chi connectivity index (χ1n) is 6.30. The third-order valence-corrected chi connectivity index (χ3v) is 2.96. The summed E-state index contributed by atoms with van der Waals surface area (Å²) in [5.41, 5.74) is 8.02. The van der Waals surface area contributed by atoms with Crippen LogP contribution < -0.4 is 11.1 Å². The van der Waals surface area contributed by atoms with Gasteiger partial charge in [-0.3, -0.25) is 9.78 Å². The van der Waals surface area contributed by atoms with Gasteiger partial charge in [-0.05, 0) is 36.8 Å². The average Bonchev–Trinajstić information content (AvgIpc) is 2.45. The minimum atomic E-state index is -1.01. The van der Waals surface area contributed by atoms with Gasteiger partial charge in [-0.25, -0.2) is 4.79 Å². The molecule has 0 fully saturated rings. The largest absolute Gasteiger partial charge is 0.478 e. The number of hydrogen-bond acceptors (Lipinski definition) is 4. The van der Waals surface area contributed by atoms with Crippen molar-refractivity contribution < 1.29 is 14.7 Å². The van der Waals surface area contributed by atoms with Crippen molar-refractivity contribution >= 4 is 17.6 Å². The van der Waals surface area contributed by atoms with Gasteiger partial charge in [0, 0.05) is 11.9 Å². The van der Waals surface area contributed by atoms with Crippen LogP contribution in [0.1, 0.15) is 32.0 Å². The summed E-state index contributed by atoms with van der Waals surface area (Å²) < 4.78 is 0. The fourth-order valence-electron chi connectivity index (χ4n) is 1.91. The highest BCUT2D eigenvalue weighted by molar-refractivity contribution is 5.98. The van der Waals surface area contributed by atoms with Crippen molar-refractivity contribution in [1.29, 1.82) is 0 Å². The van der Waals surface area contributed by atoms with Gasteiger partial charge in [0.05, 0.1) is 23.4 Å². The Morgan fingerprint density at radius 1 is 1.29 bits per heavy atom. The number of carboxylic acid groups (broad SMARTS) is 1. The molecule has 0 aliphatic carbocycles. The van der Waals surface area contributed by atoms with Gasteiger partial charge in [0.25, 0.3) is 5.91 Å². The molecule has 1 aromatic heterocycles. The maximum atomic E-state index is 11.4. The lowest BCUT2D eigenvalue weighted by Crippen LogP contribution is -2.15. The Balaban J connectivity index is 2.20. The Bertz CT molecular complexity index is 698. The summed E-state index contributed by atoms with van der Waals surface area (Å²) in [6.07, 6.45) is 1.44. The molecule has 21 heavy (non-hydrogen) atoms. The Labute approximate surface area is 121 Å². The number of carbonyl (C=O) groups is 2. The molecule has 0 unspecified atom stereocenters. The lowest BCUT2D eigenvalue weighted by molar-refractivity contribution is 0.0696. The lowest BCUT2D eigenvalue weighted by atomic mass is 10.1. The van der Waals surface area contributed by atoms with Gasteiger partial charge in [-0.1, -0.05) is 6.07 Å². The van der Waals surface area contributed by atoms with Gasteiger partial charge in [0.15, 0.2) is 0 Å². The average molecular weight is 285 g/mol. The van der Waals surface area contributed by atoms with Gasteiger partial charge in [0.2, 0.25) is 0 Å². The maximum absolute atomic E-state index is 11.4. The molecule has 0 radical (unpaired) electrons. The highest BCUT2D eigenvalue weighted by atomic mass is 16.4. The summed E-state index contributed by atoms with van der Waals surface area (Å²) in [7, 11) is 0. The molecule has 0 aliphatic rings. The summed E-state index contributed by atoms with van der Waals surface area (Å²) in [6.45, 7) is 2.20. The van der Waals surface area contributed by atoms with Crippen LogP contribution in [0.5, 0.6) is 0 Å². The summed E-state index contributed by atoms with van der Waals surface area (Å²) in [5.74, 6) is -1.53. The number of nitrogens with zero attached hydrogens (tertiary/aromatic N) is 1. The Morgan fingerprint density at radius 2 is 2.05 bits per heavy atom. The minimum absolute atomic E-state index is 0.168. The first kappa shape index (κ1) is 14.5. The molecule has 0 saturated heterocycles. The van der Waals surface area contributed by atoms with E-state index in [1.54, 1.807) is 18.2 Å². The second kappa shape index (κ2) is 6.04. The first-order chi connectivity index (χ1) is 9.97. The van der Waals surface area contributed by atoms with Gasteiger partial charge >= 0.3 is 5.97 Å². The molecule has 0 aliphatic heterocycles. The number of rotatable bonds is 5. The number of anilines is 1. The number of amides is 1. The number of pyridine rings is 1. The molecule has 0 atom stereocenters. The highest BCUT2D eigenvalue weighted by Gasteiger charge is 2.09. The smallest absolute Gasteiger partial charge is 0.335 e. The SMILES string of the molecule is Cc1ccc(C(N)=O)c(NCc2cc(C(=O)O)ccn2)c1. The van der Waals surface area contributed by atoms with E-state index in [0.717, 1.165) is 5.56 Å². The van der Waals surface area contributed by atoms with Crippen molar-refractivity contribution in [1.82, 2.24) is 4.98 Å². The molecular weight excluding hydrogens is 270 g/mol. The molecular formula is C15H15N3O3. The normalized spacial score (nSPS) is 10.1. The Hall–Kier alpha value is -2.89. The fourth-order valence-corrected chi connectivity index (χ4v) is 1.91. The number of carboxylic acids is 1. The quantitative estimate of drug-likeness (QED) is 0.776. The molecule has 108 valence electrons. The van der Waals surface area contributed by atoms with Crippen LogP contribution in [-0.4, -0.2) is 22.0 Å².